The number of hydrogen-bond donors (Lipinski definition) is 1. The Kier molecular flexibility index (Phi) is 6.28. The summed E-state index contributed by atoms with van der Waals surface area (Å²) in [6.07, 6.45) is 3.55. The first kappa shape index (κ1) is 14.2. The fourth-order valence-electron chi connectivity index (χ4n) is 2.03. The molecule has 2 atom stereocenters. The molecule has 0 aliphatic heterocycles. The van der Waals surface area contributed by atoms with Crippen LogP contribution in [0.25, 0.3) is 0 Å². The summed E-state index contributed by atoms with van der Waals surface area (Å²) in [6.45, 7) is 10.1. The number of rotatable bonds is 7. The van der Waals surface area contributed by atoms with E-state index in [1.807, 2.05) is 0 Å². The van der Waals surface area contributed by atoms with E-state index in [1.165, 1.54) is 24.0 Å². The smallest absolute Gasteiger partial charge is 0.00791 e. The zero-order chi connectivity index (χ0) is 12.7. The molecule has 0 saturated carbocycles. The first-order valence-corrected chi connectivity index (χ1v) is 6.99. The highest BCUT2D eigenvalue weighted by Gasteiger charge is 2.05. The van der Waals surface area contributed by atoms with Crippen molar-refractivity contribution in [2.45, 2.75) is 58.9 Å². The van der Waals surface area contributed by atoms with Gasteiger partial charge in [-0.05, 0) is 49.8 Å². The lowest BCUT2D eigenvalue weighted by Gasteiger charge is -2.14. The standard InChI is InChI=1S/C16H27N/c1-5-11-17-14(4)12-15-7-9-16(10-8-15)13(3)6-2/h7-10,13-14,17H,5-6,11-12H2,1-4H3. The van der Waals surface area contributed by atoms with Crippen LogP contribution >= 0.6 is 0 Å². The lowest BCUT2D eigenvalue weighted by atomic mass is 9.96. The molecule has 0 bridgehead atoms. The van der Waals surface area contributed by atoms with E-state index in [0.717, 1.165) is 13.0 Å². The third-order valence-electron chi connectivity index (χ3n) is 3.45. The van der Waals surface area contributed by atoms with E-state index in [1.54, 1.807) is 0 Å². The molecular formula is C16H27N. The second-order valence-corrected chi connectivity index (χ2v) is 5.11. The Morgan fingerprint density at radius 1 is 1.06 bits per heavy atom. The highest BCUT2D eigenvalue weighted by molar-refractivity contribution is 5.25. The van der Waals surface area contributed by atoms with Gasteiger partial charge in [-0.25, -0.2) is 0 Å². The van der Waals surface area contributed by atoms with Crippen molar-refractivity contribution in [1.82, 2.24) is 5.32 Å². The van der Waals surface area contributed by atoms with Crippen LogP contribution in [0, 0.1) is 0 Å². The lowest BCUT2D eigenvalue weighted by molar-refractivity contribution is 0.543. The molecule has 96 valence electrons. The summed E-state index contributed by atoms with van der Waals surface area (Å²) in [4.78, 5) is 0. The van der Waals surface area contributed by atoms with E-state index in [0.29, 0.717) is 12.0 Å². The predicted octanol–water partition coefficient (Wildman–Crippen LogP) is 4.13. The van der Waals surface area contributed by atoms with Crippen LogP contribution in [-0.4, -0.2) is 12.6 Å². The van der Waals surface area contributed by atoms with E-state index >= 15 is 0 Å². The Hall–Kier alpha value is -0.820. The summed E-state index contributed by atoms with van der Waals surface area (Å²) in [5.74, 6) is 0.680. The Bertz CT molecular complexity index is 302. The van der Waals surface area contributed by atoms with Crippen LogP contribution < -0.4 is 5.32 Å². The van der Waals surface area contributed by atoms with Gasteiger partial charge in [0.25, 0.3) is 0 Å². The minimum absolute atomic E-state index is 0.574. The van der Waals surface area contributed by atoms with Gasteiger partial charge in [0.1, 0.15) is 0 Å². The molecular weight excluding hydrogens is 206 g/mol. The van der Waals surface area contributed by atoms with Crippen molar-refractivity contribution >= 4 is 0 Å². The predicted molar refractivity (Wildman–Crippen MR) is 76.6 cm³/mol. The Morgan fingerprint density at radius 2 is 1.71 bits per heavy atom. The highest BCUT2D eigenvalue weighted by Crippen LogP contribution is 2.19. The summed E-state index contributed by atoms with van der Waals surface area (Å²) >= 11 is 0. The van der Waals surface area contributed by atoms with Crippen LogP contribution in [0.1, 0.15) is 57.6 Å². The zero-order valence-corrected chi connectivity index (χ0v) is 11.8. The monoisotopic (exact) mass is 233 g/mol. The van der Waals surface area contributed by atoms with E-state index in [4.69, 9.17) is 0 Å². The summed E-state index contributed by atoms with van der Waals surface area (Å²) < 4.78 is 0. The van der Waals surface area contributed by atoms with Gasteiger partial charge in [0.15, 0.2) is 0 Å². The normalized spacial score (nSPS) is 14.6. The quantitative estimate of drug-likeness (QED) is 0.746. The molecule has 0 aliphatic rings. The van der Waals surface area contributed by atoms with Crippen molar-refractivity contribution in [1.29, 1.82) is 0 Å². The van der Waals surface area contributed by atoms with Crippen molar-refractivity contribution in [3.05, 3.63) is 35.4 Å². The lowest BCUT2D eigenvalue weighted by Crippen LogP contribution is -2.28. The Labute approximate surface area is 107 Å². The fourth-order valence-corrected chi connectivity index (χ4v) is 2.03. The number of nitrogens with one attached hydrogen (secondary N) is 1. The summed E-state index contributed by atoms with van der Waals surface area (Å²) in [7, 11) is 0. The molecule has 0 radical (unpaired) electrons. The van der Waals surface area contributed by atoms with Gasteiger partial charge in [0, 0.05) is 6.04 Å². The van der Waals surface area contributed by atoms with Gasteiger partial charge in [-0.1, -0.05) is 45.0 Å². The van der Waals surface area contributed by atoms with Crippen molar-refractivity contribution < 1.29 is 0 Å². The third kappa shape index (κ3) is 4.91. The van der Waals surface area contributed by atoms with Crippen LogP contribution in [-0.2, 0) is 6.42 Å². The van der Waals surface area contributed by atoms with Gasteiger partial charge in [0.2, 0.25) is 0 Å². The van der Waals surface area contributed by atoms with Crippen molar-refractivity contribution in [2.75, 3.05) is 6.54 Å². The summed E-state index contributed by atoms with van der Waals surface area (Å²) in [5.41, 5.74) is 2.90. The van der Waals surface area contributed by atoms with Gasteiger partial charge in [-0.2, -0.15) is 0 Å². The number of hydrogen-bond acceptors (Lipinski definition) is 1. The Morgan fingerprint density at radius 3 is 2.24 bits per heavy atom. The minimum Gasteiger partial charge on any atom is -0.314 e. The molecule has 17 heavy (non-hydrogen) atoms. The molecule has 0 heterocycles. The van der Waals surface area contributed by atoms with E-state index in [-0.39, 0.29) is 0 Å². The third-order valence-corrected chi connectivity index (χ3v) is 3.45. The van der Waals surface area contributed by atoms with Crippen LogP contribution in [0.2, 0.25) is 0 Å². The van der Waals surface area contributed by atoms with E-state index in [2.05, 4.69) is 57.3 Å². The van der Waals surface area contributed by atoms with Crippen molar-refractivity contribution in [3.63, 3.8) is 0 Å². The maximum absolute atomic E-state index is 3.53. The van der Waals surface area contributed by atoms with Crippen LogP contribution in [0.4, 0.5) is 0 Å². The molecule has 1 aromatic rings. The second kappa shape index (κ2) is 7.50. The molecule has 1 nitrogen and oxygen atoms in total. The highest BCUT2D eigenvalue weighted by atomic mass is 14.9. The second-order valence-electron chi connectivity index (χ2n) is 5.11. The van der Waals surface area contributed by atoms with Gasteiger partial charge in [-0.15, -0.1) is 0 Å². The molecule has 1 N–H and O–H groups in total. The van der Waals surface area contributed by atoms with E-state index < -0.39 is 0 Å². The molecule has 1 aromatic carbocycles. The van der Waals surface area contributed by atoms with Crippen LogP contribution in [0.3, 0.4) is 0 Å². The average Bonchev–Trinajstić information content (AvgIpc) is 2.36. The fraction of sp³-hybridized carbons (Fsp3) is 0.625. The van der Waals surface area contributed by atoms with Gasteiger partial charge in [-0.3, -0.25) is 0 Å². The first-order valence-electron chi connectivity index (χ1n) is 6.99. The largest absolute Gasteiger partial charge is 0.314 e. The van der Waals surface area contributed by atoms with Crippen molar-refractivity contribution in [2.24, 2.45) is 0 Å². The molecule has 0 aliphatic carbocycles. The first-order chi connectivity index (χ1) is 8.17. The minimum atomic E-state index is 0.574. The van der Waals surface area contributed by atoms with Crippen LogP contribution in [0.15, 0.2) is 24.3 Å². The summed E-state index contributed by atoms with van der Waals surface area (Å²) in [5, 5.41) is 3.53. The zero-order valence-electron chi connectivity index (χ0n) is 11.8. The molecule has 2 unspecified atom stereocenters. The average molecular weight is 233 g/mol. The molecule has 1 rings (SSSR count). The van der Waals surface area contributed by atoms with Crippen molar-refractivity contribution in [3.8, 4) is 0 Å². The van der Waals surface area contributed by atoms with Gasteiger partial charge >= 0.3 is 0 Å². The SMILES string of the molecule is CCCNC(C)Cc1ccc(C(C)CC)cc1. The van der Waals surface area contributed by atoms with Crippen LogP contribution in [0.5, 0.6) is 0 Å². The maximum Gasteiger partial charge on any atom is 0.00791 e. The Balaban J connectivity index is 2.50. The molecule has 1 heteroatoms. The summed E-state index contributed by atoms with van der Waals surface area (Å²) in [6, 6.07) is 9.72. The molecule has 0 fully saturated rings. The number of benzene rings is 1. The van der Waals surface area contributed by atoms with E-state index in [9.17, 15) is 0 Å². The molecule has 0 saturated heterocycles. The van der Waals surface area contributed by atoms with Gasteiger partial charge in [0.05, 0.1) is 0 Å². The van der Waals surface area contributed by atoms with Gasteiger partial charge < -0.3 is 5.32 Å². The molecule has 0 amide bonds. The maximum atomic E-state index is 3.53. The topological polar surface area (TPSA) is 12.0 Å². The molecule has 0 aromatic heterocycles. The molecule has 0 spiro atoms.